The zero-order chi connectivity index (χ0) is 19.1. The molecule has 3 aromatic rings. The number of amides is 1. The summed E-state index contributed by atoms with van der Waals surface area (Å²) < 4.78 is 1.86. The van der Waals surface area contributed by atoms with Crippen LogP contribution in [0.15, 0.2) is 30.5 Å². The summed E-state index contributed by atoms with van der Waals surface area (Å²) in [5, 5.41) is 8.45. The lowest BCUT2D eigenvalue weighted by molar-refractivity contribution is 0.0934. The Morgan fingerprint density at radius 1 is 1.28 bits per heavy atom. The number of carbonyl (C=O) groups excluding carboxylic acids is 1. The highest BCUT2D eigenvalue weighted by Gasteiger charge is 2.24. The first-order valence-corrected chi connectivity index (χ1v) is 9.48. The molecule has 0 saturated carbocycles. The molecule has 0 aliphatic heterocycles. The molecule has 156 valence electrons. The van der Waals surface area contributed by atoms with E-state index in [1.165, 1.54) is 11.1 Å². The van der Waals surface area contributed by atoms with E-state index in [9.17, 15) is 4.79 Å². The van der Waals surface area contributed by atoms with Crippen LogP contribution in [0.3, 0.4) is 0 Å². The molecule has 1 amide bonds. The second kappa shape index (κ2) is 9.01. The molecule has 1 atom stereocenters. The molecule has 1 aliphatic carbocycles. The van der Waals surface area contributed by atoms with E-state index in [-0.39, 0.29) is 42.8 Å². The fourth-order valence-electron chi connectivity index (χ4n) is 3.93. The second-order valence-corrected chi connectivity index (χ2v) is 7.61. The zero-order valence-electron chi connectivity index (χ0n) is 16.8. The number of halogens is 2. The van der Waals surface area contributed by atoms with Gasteiger partial charge in [0.25, 0.3) is 5.91 Å². The molecule has 2 heterocycles. The zero-order valence-corrected chi connectivity index (χ0v) is 18.4. The van der Waals surface area contributed by atoms with E-state index in [0.717, 1.165) is 41.7 Å². The van der Waals surface area contributed by atoms with Crippen LogP contribution in [-0.4, -0.2) is 20.7 Å². The Labute approximate surface area is 183 Å². The standard InChI is InChI=1S/C21H25N5O.2ClH/c1-12(2)26-20-18(11-23-26)17(9-13(3)24-20)21(27)25-19-6-4-5-14-10-15(22)7-8-16(14)19;;/h7-12,19H,4-6,22H2,1-3H3,(H,25,27);2*1H. The maximum Gasteiger partial charge on any atom is 0.252 e. The molecule has 8 heteroatoms. The highest BCUT2D eigenvalue weighted by Crippen LogP contribution is 2.31. The Morgan fingerprint density at radius 3 is 2.76 bits per heavy atom. The Balaban J connectivity index is 0.00000150. The van der Waals surface area contributed by atoms with Crippen LogP contribution in [0.2, 0.25) is 0 Å². The van der Waals surface area contributed by atoms with E-state index in [1.807, 2.05) is 35.9 Å². The number of hydrogen-bond acceptors (Lipinski definition) is 4. The van der Waals surface area contributed by atoms with Gasteiger partial charge in [-0.2, -0.15) is 5.10 Å². The molecule has 0 fully saturated rings. The number of fused-ring (bicyclic) bond motifs is 2. The molecule has 2 aromatic heterocycles. The normalized spacial score (nSPS) is 15.4. The molecule has 0 radical (unpaired) electrons. The minimum absolute atomic E-state index is 0. The van der Waals surface area contributed by atoms with Crippen molar-refractivity contribution in [3.05, 3.63) is 52.8 Å². The maximum absolute atomic E-state index is 13.1. The van der Waals surface area contributed by atoms with E-state index >= 15 is 0 Å². The number of aryl methyl sites for hydroxylation is 2. The number of aromatic nitrogens is 3. The molecule has 1 aromatic carbocycles. The van der Waals surface area contributed by atoms with Gasteiger partial charge in [-0.15, -0.1) is 24.8 Å². The van der Waals surface area contributed by atoms with Crippen LogP contribution in [0.4, 0.5) is 5.69 Å². The van der Waals surface area contributed by atoms with E-state index < -0.39 is 0 Å². The SMILES string of the molecule is Cc1cc(C(=O)NC2CCCc3cc(N)ccc32)c2cnn(C(C)C)c2n1.Cl.Cl. The number of rotatable bonds is 3. The van der Waals surface area contributed by atoms with Gasteiger partial charge < -0.3 is 11.1 Å². The minimum Gasteiger partial charge on any atom is -0.399 e. The van der Waals surface area contributed by atoms with Crippen LogP contribution in [0.25, 0.3) is 11.0 Å². The van der Waals surface area contributed by atoms with Gasteiger partial charge in [0, 0.05) is 17.4 Å². The highest BCUT2D eigenvalue weighted by molar-refractivity contribution is 6.05. The van der Waals surface area contributed by atoms with Crippen molar-refractivity contribution in [2.75, 3.05) is 5.73 Å². The lowest BCUT2D eigenvalue weighted by Gasteiger charge is -2.27. The van der Waals surface area contributed by atoms with Gasteiger partial charge in [-0.25, -0.2) is 9.67 Å². The quantitative estimate of drug-likeness (QED) is 0.590. The van der Waals surface area contributed by atoms with Gasteiger partial charge in [-0.05, 0) is 69.4 Å². The Bertz CT molecular complexity index is 1030. The van der Waals surface area contributed by atoms with Crippen LogP contribution in [0.1, 0.15) is 66.0 Å². The molecule has 0 saturated heterocycles. The van der Waals surface area contributed by atoms with Crippen LogP contribution < -0.4 is 11.1 Å². The molecule has 1 aliphatic rings. The summed E-state index contributed by atoms with van der Waals surface area (Å²) in [7, 11) is 0. The average Bonchev–Trinajstić information content (AvgIpc) is 3.04. The summed E-state index contributed by atoms with van der Waals surface area (Å²) in [5.74, 6) is -0.0801. The number of nitrogens with one attached hydrogen (secondary N) is 1. The third kappa shape index (κ3) is 4.33. The van der Waals surface area contributed by atoms with Crippen LogP contribution in [-0.2, 0) is 6.42 Å². The van der Waals surface area contributed by atoms with Crippen molar-refractivity contribution in [3.8, 4) is 0 Å². The van der Waals surface area contributed by atoms with Gasteiger partial charge in [-0.3, -0.25) is 4.79 Å². The molecular weight excluding hydrogens is 409 g/mol. The predicted octanol–water partition coefficient (Wildman–Crippen LogP) is 4.55. The molecule has 1 unspecified atom stereocenters. The van der Waals surface area contributed by atoms with Crippen molar-refractivity contribution >= 4 is 47.4 Å². The fraction of sp³-hybridized carbons (Fsp3) is 0.381. The van der Waals surface area contributed by atoms with Crippen LogP contribution >= 0.6 is 24.8 Å². The lowest BCUT2D eigenvalue weighted by atomic mass is 9.87. The average molecular weight is 436 g/mol. The van der Waals surface area contributed by atoms with Gasteiger partial charge in [0.05, 0.1) is 23.2 Å². The molecule has 6 nitrogen and oxygen atoms in total. The first-order valence-electron chi connectivity index (χ1n) is 9.48. The van der Waals surface area contributed by atoms with Crippen molar-refractivity contribution < 1.29 is 4.79 Å². The van der Waals surface area contributed by atoms with E-state index in [2.05, 4.69) is 29.2 Å². The second-order valence-electron chi connectivity index (χ2n) is 7.61. The summed E-state index contributed by atoms with van der Waals surface area (Å²) in [5.41, 5.74) is 11.3. The lowest BCUT2D eigenvalue weighted by Crippen LogP contribution is -2.31. The molecular formula is C21H27Cl2N5O. The maximum atomic E-state index is 13.1. The summed E-state index contributed by atoms with van der Waals surface area (Å²) >= 11 is 0. The number of pyridine rings is 1. The van der Waals surface area contributed by atoms with Crippen molar-refractivity contribution in [2.24, 2.45) is 0 Å². The highest BCUT2D eigenvalue weighted by atomic mass is 35.5. The Hall–Kier alpha value is -2.31. The van der Waals surface area contributed by atoms with Crippen LogP contribution in [0.5, 0.6) is 0 Å². The third-order valence-corrected chi connectivity index (χ3v) is 5.22. The number of nitrogens with zero attached hydrogens (tertiary/aromatic N) is 3. The number of hydrogen-bond donors (Lipinski definition) is 2. The van der Waals surface area contributed by atoms with Gasteiger partial charge in [-0.1, -0.05) is 6.07 Å². The Kier molecular flexibility index (Phi) is 7.14. The number of nitrogen functional groups attached to an aromatic ring is 1. The summed E-state index contributed by atoms with van der Waals surface area (Å²) in [6.07, 6.45) is 4.72. The van der Waals surface area contributed by atoms with Gasteiger partial charge in [0.1, 0.15) is 0 Å². The van der Waals surface area contributed by atoms with Crippen molar-refractivity contribution in [1.82, 2.24) is 20.1 Å². The first-order chi connectivity index (χ1) is 12.9. The molecule has 3 N–H and O–H groups in total. The summed E-state index contributed by atoms with van der Waals surface area (Å²) in [6.45, 7) is 6.02. The predicted molar refractivity (Wildman–Crippen MR) is 121 cm³/mol. The third-order valence-electron chi connectivity index (χ3n) is 5.22. The van der Waals surface area contributed by atoms with Gasteiger partial charge >= 0.3 is 0 Å². The number of carbonyl (C=O) groups is 1. The minimum atomic E-state index is -0.0801. The molecule has 0 spiro atoms. The number of benzene rings is 1. The van der Waals surface area contributed by atoms with E-state index in [4.69, 9.17) is 5.73 Å². The van der Waals surface area contributed by atoms with Crippen molar-refractivity contribution in [3.63, 3.8) is 0 Å². The largest absolute Gasteiger partial charge is 0.399 e. The van der Waals surface area contributed by atoms with E-state index in [1.54, 1.807) is 6.20 Å². The molecule has 0 bridgehead atoms. The fourth-order valence-corrected chi connectivity index (χ4v) is 3.93. The van der Waals surface area contributed by atoms with Crippen molar-refractivity contribution in [2.45, 2.75) is 52.1 Å². The van der Waals surface area contributed by atoms with Gasteiger partial charge in [0.15, 0.2) is 5.65 Å². The van der Waals surface area contributed by atoms with Crippen LogP contribution in [0, 0.1) is 6.92 Å². The van der Waals surface area contributed by atoms with Gasteiger partial charge in [0.2, 0.25) is 0 Å². The smallest absolute Gasteiger partial charge is 0.252 e. The topological polar surface area (TPSA) is 85.8 Å². The summed E-state index contributed by atoms with van der Waals surface area (Å²) in [6, 6.07) is 8.00. The molecule has 4 rings (SSSR count). The monoisotopic (exact) mass is 435 g/mol. The number of anilines is 1. The summed E-state index contributed by atoms with van der Waals surface area (Å²) in [4.78, 5) is 17.7. The van der Waals surface area contributed by atoms with E-state index in [0.29, 0.717) is 5.56 Å². The Morgan fingerprint density at radius 2 is 2.03 bits per heavy atom. The number of nitrogens with two attached hydrogens (primary N) is 1. The first kappa shape index (κ1) is 23.0. The molecule has 29 heavy (non-hydrogen) atoms. The van der Waals surface area contributed by atoms with Crippen molar-refractivity contribution in [1.29, 1.82) is 0 Å².